The molecule has 0 saturated heterocycles. The predicted octanol–water partition coefficient (Wildman–Crippen LogP) is 3.54. The molecule has 0 aliphatic carbocycles. The number of pyridine rings is 1. The molecule has 0 radical (unpaired) electrons. The molecule has 0 spiro atoms. The topological polar surface area (TPSA) is 38.9 Å². The van der Waals surface area contributed by atoms with Crippen molar-refractivity contribution in [2.24, 2.45) is 11.1 Å². The van der Waals surface area contributed by atoms with E-state index in [2.05, 4.69) is 47.8 Å². The predicted molar refractivity (Wildman–Crippen MR) is 72.3 cm³/mol. The zero-order chi connectivity index (χ0) is 12.2. The Hall–Kier alpha value is -0.410. The van der Waals surface area contributed by atoms with Crippen LogP contribution in [0.1, 0.15) is 39.3 Å². The summed E-state index contributed by atoms with van der Waals surface area (Å²) in [6.07, 6.45) is 5.02. The fraction of sp³-hybridized carbons (Fsp3) is 0.615. The summed E-state index contributed by atoms with van der Waals surface area (Å²) in [5.74, 6) is 0. The smallest absolute Gasteiger partial charge is 0.0413 e. The molecule has 0 aromatic carbocycles. The van der Waals surface area contributed by atoms with Gasteiger partial charge in [0.05, 0.1) is 0 Å². The van der Waals surface area contributed by atoms with Gasteiger partial charge in [0.15, 0.2) is 0 Å². The Morgan fingerprint density at radius 1 is 1.38 bits per heavy atom. The van der Waals surface area contributed by atoms with E-state index in [0.29, 0.717) is 0 Å². The summed E-state index contributed by atoms with van der Waals surface area (Å²) in [5, 5.41) is 0. The lowest BCUT2D eigenvalue weighted by molar-refractivity contribution is 0.301. The van der Waals surface area contributed by atoms with E-state index in [1.54, 1.807) is 0 Å². The van der Waals surface area contributed by atoms with Crippen LogP contribution in [0, 0.1) is 5.41 Å². The third-order valence-electron chi connectivity index (χ3n) is 2.85. The number of nitrogens with two attached hydrogens (primary N) is 1. The molecule has 0 amide bonds. The van der Waals surface area contributed by atoms with Crippen molar-refractivity contribution in [2.75, 3.05) is 0 Å². The first-order valence-corrected chi connectivity index (χ1v) is 6.55. The van der Waals surface area contributed by atoms with E-state index < -0.39 is 0 Å². The van der Waals surface area contributed by atoms with Gasteiger partial charge in [-0.3, -0.25) is 4.98 Å². The van der Waals surface area contributed by atoms with Gasteiger partial charge in [0, 0.05) is 22.4 Å². The van der Waals surface area contributed by atoms with Gasteiger partial charge in [0.2, 0.25) is 0 Å². The molecule has 2 nitrogen and oxygen atoms in total. The summed E-state index contributed by atoms with van der Waals surface area (Å²) in [6, 6.07) is 4.36. The quantitative estimate of drug-likeness (QED) is 0.919. The van der Waals surface area contributed by atoms with E-state index in [9.17, 15) is 0 Å². The minimum Gasteiger partial charge on any atom is -0.327 e. The van der Waals surface area contributed by atoms with Gasteiger partial charge < -0.3 is 5.73 Å². The molecular formula is C13H21BrN2. The van der Waals surface area contributed by atoms with Crippen LogP contribution < -0.4 is 5.73 Å². The van der Waals surface area contributed by atoms with Crippen LogP contribution in [0.25, 0.3) is 0 Å². The van der Waals surface area contributed by atoms with Crippen molar-refractivity contribution >= 4 is 15.9 Å². The van der Waals surface area contributed by atoms with Crippen LogP contribution in [0.4, 0.5) is 0 Å². The number of aryl methyl sites for hydroxylation is 1. The summed E-state index contributed by atoms with van der Waals surface area (Å²) in [5.41, 5.74) is 7.46. The third-order valence-corrected chi connectivity index (χ3v) is 3.32. The summed E-state index contributed by atoms with van der Waals surface area (Å²) < 4.78 is 1.03. The van der Waals surface area contributed by atoms with Crippen molar-refractivity contribution in [3.05, 3.63) is 28.5 Å². The molecule has 1 atom stereocenters. The summed E-state index contributed by atoms with van der Waals surface area (Å²) in [7, 11) is 0. The molecule has 0 aliphatic rings. The first-order valence-electron chi connectivity index (χ1n) is 5.75. The molecule has 90 valence electrons. The zero-order valence-electron chi connectivity index (χ0n) is 10.3. The fourth-order valence-corrected chi connectivity index (χ4v) is 1.72. The maximum Gasteiger partial charge on any atom is 0.0413 e. The lowest BCUT2D eigenvalue weighted by Gasteiger charge is -2.26. The van der Waals surface area contributed by atoms with E-state index in [1.807, 2.05) is 12.3 Å². The van der Waals surface area contributed by atoms with Crippen molar-refractivity contribution in [3.8, 4) is 0 Å². The molecule has 1 aromatic rings. The van der Waals surface area contributed by atoms with E-state index in [-0.39, 0.29) is 11.5 Å². The van der Waals surface area contributed by atoms with Crippen molar-refractivity contribution in [3.63, 3.8) is 0 Å². The van der Waals surface area contributed by atoms with Gasteiger partial charge >= 0.3 is 0 Å². The summed E-state index contributed by atoms with van der Waals surface area (Å²) >= 11 is 3.38. The lowest BCUT2D eigenvalue weighted by atomic mass is 9.84. The first-order chi connectivity index (χ1) is 7.39. The van der Waals surface area contributed by atoms with Crippen LogP contribution in [0.5, 0.6) is 0 Å². The Balaban J connectivity index is 2.33. The molecule has 0 saturated carbocycles. The van der Waals surface area contributed by atoms with Gasteiger partial charge in [-0.05, 0) is 52.7 Å². The minimum absolute atomic E-state index is 0.202. The fourth-order valence-electron chi connectivity index (χ4n) is 1.49. The molecule has 0 fully saturated rings. The number of halogens is 1. The van der Waals surface area contributed by atoms with Crippen molar-refractivity contribution in [2.45, 2.75) is 46.1 Å². The molecule has 1 heterocycles. The van der Waals surface area contributed by atoms with Crippen LogP contribution in [0.15, 0.2) is 22.8 Å². The van der Waals surface area contributed by atoms with Gasteiger partial charge in [0.25, 0.3) is 0 Å². The van der Waals surface area contributed by atoms with Gasteiger partial charge in [-0.15, -0.1) is 0 Å². The van der Waals surface area contributed by atoms with Crippen LogP contribution in [0.2, 0.25) is 0 Å². The Kier molecular flexibility index (Phi) is 4.93. The van der Waals surface area contributed by atoms with E-state index in [4.69, 9.17) is 5.73 Å². The largest absolute Gasteiger partial charge is 0.327 e. The highest BCUT2D eigenvalue weighted by atomic mass is 79.9. The van der Waals surface area contributed by atoms with Gasteiger partial charge in [0.1, 0.15) is 0 Å². The highest BCUT2D eigenvalue weighted by Crippen LogP contribution is 2.21. The molecule has 1 unspecified atom stereocenters. The Morgan fingerprint density at radius 3 is 2.56 bits per heavy atom. The SMILES string of the molecule is CC(C)(C)C(N)CCCc1ccc(Br)cn1. The maximum absolute atomic E-state index is 6.11. The van der Waals surface area contributed by atoms with E-state index in [0.717, 1.165) is 29.4 Å². The van der Waals surface area contributed by atoms with Gasteiger partial charge in [-0.25, -0.2) is 0 Å². The zero-order valence-corrected chi connectivity index (χ0v) is 11.9. The van der Waals surface area contributed by atoms with Crippen molar-refractivity contribution < 1.29 is 0 Å². The van der Waals surface area contributed by atoms with E-state index in [1.165, 1.54) is 0 Å². The number of nitrogens with zero attached hydrogens (tertiary/aromatic N) is 1. The average molecular weight is 285 g/mol. The molecule has 16 heavy (non-hydrogen) atoms. The number of hydrogen-bond donors (Lipinski definition) is 1. The number of aromatic nitrogens is 1. The number of rotatable bonds is 4. The Morgan fingerprint density at radius 2 is 2.06 bits per heavy atom. The third kappa shape index (κ3) is 4.62. The molecule has 0 aliphatic heterocycles. The molecule has 1 aromatic heterocycles. The normalized spacial score (nSPS) is 13.8. The molecule has 2 N–H and O–H groups in total. The van der Waals surface area contributed by atoms with Gasteiger partial charge in [-0.1, -0.05) is 20.8 Å². The lowest BCUT2D eigenvalue weighted by Crippen LogP contribution is -2.34. The molecular weight excluding hydrogens is 264 g/mol. The second kappa shape index (κ2) is 5.78. The highest BCUT2D eigenvalue weighted by molar-refractivity contribution is 9.10. The van der Waals surface area contributed by atoms with Crippen LogP contribution in [-0.4, -0.2) is 11.0 Å². The summed E-state index contributed by atoms with van der Waals surface area (Å²) in [4.78, 5) is 4.35. The second-order valence-electron chi connectivity index (χ2n) is 5.33. The second-order valence-corrected chi connectivity index (χ2v) is 6.25. The van der Waals surface area contributed by atoms with E-state index >= 15 is 0 Å². The Labute approximate surface area is 107 Å². The van der Waals surface area contributed by atoms with Crippen LogP contribution in [0.3, 0.4) is 0 Å². The van der Waals surface area contributed by atoms with Crippen molar-refractivity contribution in [1.29, 1.82) is 0 Å². The standard InChI is InChI=1S/C13H21BrN2/c1-13(2,3)12(15)6-4-5-11-8-7-10(14)9-16-11/h7-9,12H,4-6,15H2,1-3H3. The first kappa shape index (κ1) is 13.7. The monoisotopic (exact) mass is 284 g/mol. The van der Waals surface area contributed by atoms with Crippen LogP contribution in [-0.2, 0) is 6.42 Å². The van der Waals surface area contributed by atoms with Gasteiger partial charge in [-0.2, -0.15) is 0 Å². The minimum atomic E-state index is 0.202. The Bertz CT molecular complexity index is 314. The van der Waals surface area contributed by atoms with Crippen molar-refractivity contribution in [1.82, 2.24) is 4.98 Å². The molecule has 1 rings (SSSR count). The van der Waals surface area contributed by atoms with Crippen LogP contribution >= 0.6 is 15.9 Å². The molecule has 0 bridgehead atoms. The molecule has 3 heteroatoms. The number of hydrogen-bond acceptors (Lipinski definition) is 2. The summed E-state index contributed by atoms with van der Waals surface area (Å²) in [6.45, 7) is 6.57. The maximum atomic E-state index is 6.11. The average Bonchev–Trinajstić information content (AvgIpc) is 2.19. The highest BCUT2D eigenvalue weighted by Gasteiger charge is 2.19.